The fraction of sp³-hybridized carbons (Fsp3) is 0.684. The number of rotatable bonds is 10. The predicted molar refractivity (Wildman–Crippen MR) is 94.8 cm³/mol. The molecule has 0 aromatic heterocycles. The van der Waals surface area contributed by atoms with E-state index in [1.54, 1.807) is 0 Å². The number of anilines is 1. The molecule has 2 heteroatoms. The topological polar surface area (TPSA) is 38.0 Å². The molecule has 1 aromatic rings. The average Bonchev–Trinajstić information content (AvgIpc) is 2.45. The number of benzene rings is 1. The molecule has 0 amide bonds. The molecule has 1 aromatic carbocycles. The molecule has 0 atom stereocenters. The lowest BCUT2D eigenvalue weighted by Gasteiger charge is -2.17. The Balaban J connectivity index is 2.39. The number of hydrogen-bond acceptors (Lipinski definition) is 2. The summed E-state index contributed by atoms with van der Waals surface area (Å²) in [6.45, 7) is 8.81. The molecule has 0 saturated carbocycles. The zero-order valence-electron chi connectivity index (χ0n) is 14.5. The third-order valence-corrected chi connectivity index (χ3v) is 4.56. The molecular weight excluding hydrogens is 256 g/mol. The largest absolute Gasteiger partial charge is 0.324 e. The maximum absolute atomic E-state index is 5.65. The van der Waals surface area contributed by atoms with Crippen molar-refractivity contribution in [1.82, 2.24) is 0 Å². The van der Waals surface area contributed by atoms with E-state index in [4.69, 9.17) is 5.84 Å². The van der Waals surface area contributed by atoms with Crippen LogP contribution < -0.4 is 11.3 Å². The van der Waals surface area contributed by atoms with E-state index in [9.17, 15) is 0 Å². The van der Waals surface area contributed by atoms with Crippen LogP contribution >= 0.6 is 0 Å². The molecule has 0 aliphatic rings. The van der Waals surface area contributed by atoms with Gasteiger partial charge in [0.15, 0.2) is 0 Å². The Labute approximate surface area is 131 Å². The van der Waals surface area contributed by atoms with E-state index >= 15 is 0 Å². The van der Waals surface area contributed by atoms with Crippen molar-refractivity contribution in [3.63, 3.8) is 0 Å². The summed E-state index contributed by atoms with van der Waals surface area (Å²) in [6, 6.07) is 2.25. The van der Waals surface area contributed by atoms with Gasteiger partial charge in [0.05, 0.1) is 5.69 Å². The van der Waals surface area contributed by atoms with Gasteiger partial charge in [-0.3, -0.25) is 5.84 Å². The monoisotopic (exact) mass is 290 g/mol. The Kier molecular flexibility index (Phi) is 8.44. The lowest BCUT2D eigenvalue weighted by atomic mass is 9.93. The molecule has 0 spiro atoms. The van der Waals surface area contributed by atoms with Gasteiger partial charge in [0.2, 0.25) is 0 Å². The highest BCUT2D eigenvalue weighted by Gasteiger charge is 2.09. The second-order valence-corrected chi connectivity index (χ2v) is 6.36. The van der Waals surface area contributed by atoms with Crippen molar-refractivity contribution in [1.29, 1.82) is 0 Å². The Morgan fingerprint density at radius 1 is 0.857 bits per heavy atom. The highest BCUT2D eigenvalue weighted by Crippen LogP contribution is 2.27. The first-order valence-electron chi connectivity index (χ1n) is 8.68. The van der Waals surface area contributed by atoms with Crippen LogP contribution in [-0.2, 0) is 6.42 Å². The second-order valence-electron chi connectivity index (χ2n) is 6.36. The Morgan fingerprint density at radius 3 is 2.00 bits per heavy atom. The summed E-state index contributed by atoms with van der Waals surface area (Å²) in [5, 5.41) is 0. The number of unbranched alkanes of at least 4 members (excludes halogenated alkanes) is 7. The molecule has 0 heterocycles. The lowest BCUT2D eigenvalue weighted by molar-refractivity contribution is 0.575. The summed E-state index contributed by atoms with van der Waals surface area (Å²) in [6.07, 6.45) is 12.2. The van der Waals surface area contributed by atoms with Gasteiger partial charge in [0.1, 0.15) is 0 Å². The van der Waals surface area contributed by atoms with Crippen LogP contribution in [0.15, 0.2) is 6.07 Å². The maximum atomic E-state index is 5.65. The van der Waals surface area contributed by atoms with Crippen LogP contribution in [0.2, 0.25) is 0 Å². The molecule has 0 aliphatic carbocycles. The quantitative estimate of drug-likeness (QED) is 0.335. The summed E-state index contributed by atoms with van der Waals surface area (Å²) in [7, 11) is 0. The molecule has 0 unspecified atom stereocenters. The standard InChI is InChI=1S/C19H34N2/c1-5-6-7-8-9-10-11-12-13-18-15(2)14-16(3)19(21-20)17(18)4/h14,21H,5-13,20H2,1-4H3. The second kappa shape index (κ2) is 9.83. The minimum absolute atomic E-state index is 1.11. The van der Waals surface area contributed by atoms with E-state index in [-0.39, 0.29) is 0 Å². The van der Waals surface area contributed by atoms with Crippen LogP contribution in [0.25, 0.3) is 0 Å². The molecule has 3 N–H and O–H groups in total. The molecule has 2 nitrogen and oxygen atoms in total. The van der Waals surface area contributed by atoms with Gasteiger partial charge in [0.25, 0.3) is 0 Å². The normalized spacial score (nSPS) is 10.9. The summed E-state index contributed by atoms with van der Waals surface area (Å²) in [5.41, 5.74) is 9.44. The number of aryl methyl sites for hydroxylation is 2. The summed E-state index contributed by atoms with van der Waals surface area (Å²) in [4.78, 5) is 0. The molecule has 0 aliphatic heterocycles. The highest BCUT2D eigenvalue weighted by molar-refractivity contribution is 5.61. The van der Waals surface area contributed by atoms with Crippen molar-refractivity contribution < 1.29 is 0 Å². The molecule has 0 radical (unpaired) electrons. The van der Waals surface area contributed by atoms with Crippen LogP contribution in [0.1, 0.15) is 80.5 Å². The minimum atomic E-state index is 1.11. The molecule has 120 valence electrons. The van der Waals surface area contributed by atoms with Crippen molar-refractivity contribution in [2.75, 3.05) is 5.43 Å². The van der Waals surface area contributed by atoms with E-state index < -0.39 is 0 Å². The number of nitrogens with one attached hydrogen (secondary N) is 1. The Morgan fingerprint density at radius 2 is 1.43 bits per heavy atom. The van der Waals surface area contributed by atoms with Gasteiger partial charge in [-0.15, -0.1) is 0 Å². The van der Waals surface area contributed by atoms with E-state index in [1.165, 1.54) is 80.0 Å². The number of hydrogen-bond donors (Lipinski definition) is 2. The van der Waals surface area contributed by atoms with E-state index in [0.717, 1.165) is 5.69 Å². The van der Waals surface area contributed by atoms with Crippen molar-refractivity contribution in [2.45, 2.75) is 85.5 Å². The zero-order valence-corrected chi connectivity index (χ0v) is 14.5. The Bertz CT molecular complexity index is 424. The zero-order chi connectivity index (χ0) is 15.7. The average molecular weight is 290 g/mol. The minimum Gasteiger partial charge on any atom is -0.324 e. The maximum Gasteiger partial charge on any atom is 0.0546 e. The van der Waals surface area contributed by atoms with Crippen LogP contribution in [0.4, 0.5) is 5.69 Å². The first kappa shape index (κ1) is 18.0. The number of nitrogens with two attached hydrogens (primary N) is 1. The molecule has 21 heavy (non-hydrogen) atoms. The Hall–Kier alpha value is -1.02. The van der Waals surface area contributed by atoms with Crippen LogP contribution in [0.3, 0.4) is 0 Å². The van der Waals surface area contributed by atoms with Gasteiger partial charge < -0.3 is 5.43 Å². The van der Waals surface area contributed by atoms with Crippen LogP contribution in [-0.4, -0.2) is 0 Å². The summed E-state index contributed by atoms with van der Waals surface area (Å²) < 4.78 is 0. The van der Waals surface area contributed by atoms with Crippen molar-refractivity contribution in [2.24, 2.45) is 5.84 Å². The summed E-state index contributed by atoms with van der Waals surface area (Å²) >= 11 is 0. The van der Waals surface area contributed by atoms with E-state index in [2.05, 4.69) is 39.2 Å². The SMILES string of the molecule is CCCCCCCCCCc1c(C)cc(C)c(NN)c1C. The molecule has 0 saturated heterocycles. The van der Waals surface area contributed by atoms with E-state index in [0.29, 0.717) is 0 Å². The molecular formula is C19H34N2. The predicted octanol–water partition coefficient (Wildman–Crippen LogP) is 5.58. The third-order valence-electron chi connectivity index (χ3n) is 4.56. The van der Waals surface area contributed by atoms with Crippen molar-refractivity contribution in [3.05, 3.63) is 28.3 Å². The first-order chi connectivity index (χ1) is 10.1. The molecule has 0 fully saturated rings. The van der Waals surface area contributed by atoms with Gasteiger partial charge >= 0.3 is 0 Å². The van der Waals surface area contributed by atoms with Crippen LogP contribution in [0.5, 0.6) is 0 Å². The van der Waals surface area contributed by atoms with Gasteiger partial charge in [-0.25, -0.2) is 0 Å². The highest BCUT2D eigenvalue weighted by atomic mass is 15.2. The van der Waals surface area contributed by atoms with Crippen LogP contribution in [0, 0.1) is 20.8 Å². The smallest absolute Gasteiger partial charge is 0.0546 e. The summed E-state index contributed by atoms with van der Waals surface area (Å²) in [5.74, 6) is 5.65. The fourth-order valence-electron chi connectivity index (χ4n) is 3.27. The number of nitrogen functional groups attached to an aromatic ring is 1. The molecule has 0 bridgehead atoms. The third kappa shape index (κ3) is 5.70. The number of hydrazine groups is 1. The van der Waals surface area contributed by atoms with Gasteiger partial charge in [-0.05, 0) is 55.9 Å². The fourth-order valence-corrected chi connectivity index (χ4v) is 3.27. The lowest BCUT2D eigenvalue weighted by Crippen LogP contribution is -2.12. The van der Waals surface area contributed by atoms with Crippen molar-refractivity contribution >= 4 is 5.69 Å². The first-order valence-corrected chi connectivity index (χ1v) is 8.68. The van der Waals surface area contributed by atoms with Gasteiger partial charge in [-0.1, -0.05) is 57.9 Å². The van der Waals surface area contributed by atoms with E-state index in [1.807, 2.05) is 0 Å². The van der Waals surface area contributed by atoms with Gasteiger partial charge in [-0.2, -0.15) is 0 Å². The van der Waals surface area contributed by atoms with Gasteiger partial charge in [0, 0.05) is 0 Å². The molecule has 1 rings (SSSR count). The van der Waals surface area contributed by atoms with Crippen molar-refractivity contribution in [3.8, 4) is 0 Å².